The van der Waals surface area contributed by atoms with Crippen molar-refractivity contribution in [1.82, 2.24) is 10.4 Å². The summed E-state index contributed by atoms with van der Waals surface area (Å²) in [7, 11) is 0. The molecular weight excluding hydrogens is 308 g/mol. The van der Waals surface area contributed by atoms with E-state index >= 15 is 0 Å². The molecule has 2 unspecified atom stereocenters. The molecule has 110 valence electrons. The summed E-state index contributed by atoms with van der Waals surface area (Å²) < 4.78 is 0.322. The number of hydrogen-bond acceptors (Lipinski definition) is 7. The molecule has 0 saturated carbocycles. The van der Waals surface area contributed by atoms with E-state index in [-0.39, 0.29) is 11.4 Å². The third kappa shape index (κ3) is 2.39. The molecule has 4 N–H and O–H groups in total. The summed E-state index contributed by atoms with van der Waals surface area (Å²) in [5.41, 5.74) is 1.28. The summed E-state index contributed by atoms with van der Waals surface area (Å²) in [4.78, 5) is 35.2. The largest absolute Gasteiger partial charge is 0.477 e. The van der Waals surface area contributed by atoms with E-state index in [9.17, 15) is 24.6 Å². The molecule has 0 aromatic heterocycles. The van der Waals surface area contributed by atoms with Gasteiger partial charge in [-0.3, -0.25) is 19.7 Å². The molecule has 0 aromatic carbocycles. The molecule has 3 atom stereocenters. The zero-order valence-corrected chi connectivity index (χ0v) is 11.9. The predicted molar refractivity (Wildman–Crippen MR) is 70.4 cm³/mol. The first-order chi connectivity index (χ1) is 9.38. The highest BCUT2D eigenvalue weighted by molar-refractivity contribution is 8.23. The number of β-lactam (4-membered cyclic amide) rings is 1. The van der Waals surface area contributed by atoms with E-state index < -0.39 is 35.2 Å². The van der Waals surface area contributed by atoms with Gasteiger partial charge in [0.25, 0.3) is 5.91 Å². The molecule has 2 aliphatic heterocycles. The number of hydroxylamine groups is 1. The maximum absolute atomic E-state index is 11.9. The van der Waals surface area contributed by atoms with Gasteiger partial charge in [0, 0.05) is 0 Å². The monoisotopic (exact) mass is 320 g/mol. The van der Waals surface area contributed by atoms with E-state index in [0.717, 1.165) is 28.4 Å². The SMILES string of the molecule is CC(O)C1C(=O)N2C(C(=O)O)=C(SCC(=O)NO)S[C@H]12. The van der Waals surface area contributed by atoms with Crippen molar-refractivity contribution in [2.24, 2.45) is 5.92 Å². The van der Waals surface area contributed by atoms with E-state index in [1.54, 1.807) is 0 Å². The first kappa shape index (κ1) is 15.2. The lowest BCUT2D eigenvalue weighted by Crippen LogP contribution is -2.60. The molecule has 2 amide bonds. The van der Waals surface area contributed by atoms with Crippen LogP contribution in [0.3, 0.4) is 0 Å². The van der Waals surface area contributed by atoms with Crippen LogP contribution < -0.4 is 5.48 Å². The third-order valence-electron chi connectivity index (χ3n) is 2.93. The Kier molecular flexibility index (Phi) is 4.28. The molecular formula is C10H12N2O6S2. The van der Waals surface area contributed by atoms with Gasteiger partial charge in [-0.1, -0.05) is 11.8 Å². The minimum absolute atomic E-state index is 0.163. The van der Waals surface area contributed by atoms with Gasteiger partial charge < -0.3 is 10.2 Å². The molecule has 0 aliphatic carbocycles. The fraction of sp³-hybridized carbons (Fsp3) is 0.500. The van der Waals surface area contributed by atoms with E-state index in [1.165, 1.54) is 12.4 Å². The predicted octanol–water partition coefficient (Wildman–Crippen LogP) is -0.609. The van der Waals surface area contributed by atoms with Crippen molar-refractivity contribution in [3.63, 3.8) is 0 Å². The summed E-state index contributed by atoms with van der Waals surface area (Å²) in [6.07, 6.45) is -0.864. The molecule has 0 bridgehead atoms. The van der Waals surface area contributed by atoms with Crippen molar-refractivity contribution < 1.29 is 29.8 Å². The normalized spacial score (nSPS) is 26.1. The Morgan fingerprint density at radius 2 is 2.20 bits per heavy atom. The highest BCUT2D eigenvalue weighted by Gasteiger charge is 2.57. The topological polar surface area (TPSA) is 127 Å². The van der Waals surface area contributed by atoms with E-state index in [1.807, 2.05) is 0 Å². The van der Waals surface area contributed by atoms with Crippen LogP contribution in [-0.2, 0) is 14.4 Å². The second-order valence-electron chi connectivity index (χ2n) is 4.25. The van der Waals surface area contributed by atoms with Crippen molar-refractivity contribution in [2.75, 3.05) is 5.75 Å². The van der Waals surface area contributed by atoms with Gasteiger partial charge in [0.2, 0.25) is 5.91 Å². The van der Waals surface area contributed by atoms with Gasteiger partial charge >= 0.3 is 5.97 Å². The van der Waals surface area contributed by atoms with Crippen LogP contribution in [0.4, 0.5) is 0 Å². The van der Waals surface area contributed by atoms with E-state index in [4.69, 9.17) is 5.21 Å². The Labute approximate surface area is 122 Å². The lowest BCUT2D eigenvalue weighted by molar-refractivity contribution is -0.156. The summed E-state index contributed by atoms with van der Waals surface area (Å²) >= 11 is 2.07. The number of carboxylic acids is 1. The number of amides is 2. The molecule has 20 heavy (non-hydrogen) atoms. The Morgan fingerprint density at radius 1 is 1.55 bits per heavy atom. The first-order valence-electron chi connectivity index (χ1n) is 5.59. The quantitative estimate of drug-likeness (QED) is 0.300. The number of aliphatic hydroxyl groups excluding tert-OH is 1. The molecule has 2 aliphatic rings. The maximum Gasteiger partial charge on any atom is 0.354 e. The number of rotatable bonds is 5. The summed E-state index contributed by atoms with van der Waals surface area (Å²) in [5, 5.41) is 26.7. The number of nitrogens with one attached hydrogen (secondary N) is 1. The van der Waals surface area contributed by atoms with Gasteiger partial charge in [-0.05, 0) is 6.92 Å². The van der Waals surface area contributed by atoms with Crippen LogP contribution >= 0.6 is 23.5 Å². The molecule has 2 rings (SSSR count). The van der Waals surface area contributed by atoms with Crippen LogP contribution in [0, 0.1) is 5.92 Å². The second-order valence-corrected chi connectivity index (χ2v) is 6.62. The van der Waals surface area contributed by atoms with Crippen LogP contribution in [0.2, 0.25) is 0 Å². The average molecular weight is 320 g/mol. The summed E-state index contributed by atoms with van der Waals surface area (Å²) in [5.74, 6) is -3.16. The fourth-order valence-electron chi connectivity index (χ4n) is 2.01. The minimum Gasteiger partial charge on any atom is -0.477 e. The Hall–Kier alpha value is -1.23. The van der Waals surface area contributed by atoms with E-state index in [0.29, 0.717) is 4.24 Å². The molecule has 1 saturated heterocycles. The third-order valence-corrected chi connectivity index (χ3v) is 5.58. The Bertz CT molecular complexity index is 506. The van der Waals surface area contributed by atoms with Crippen LogP contribution in [0.5, 0.6) is 0 Å². The smallest absolute Gasteiger partial charge is 0.354 e. The number of carboxylic acid groups (broad SMARTS) is 1. The zero-order valence-electron chi connectivity index (χ0n) is 10.3. The standard InChI is InChI=1S/C10H12N2O6S2/c1-3(13)5-7(15)12-6(9(16)17)10(20-8(5)12)19-2-4(14)11-18/h3,5,8,13,18H,2H2,1H3,(H,11,14)(H,16,17)/t3?,5?,8-/m1/s1. The van der Waals surface area contributed by atoms with Crippen LogP contribution in [-0.4, -0.2) is 55.3 Å². The maximum atomic E-state index is 11.9. The fourth-order valence-corrected chi connectivity index (χ4v) is 4.73. The van der Waals surface area contributed by atoms with Gasteiger partial charge in [-0.25, -0.2) is 10.3 Å². The van der Waals surface area contributed by atoms with Gasteiger partial charge in [0.15, 0.2) is 5.70 Å². The average Bonchev–Trinajstić information content (AvgIpc) is 2.69. The van der Waals surface area contributed by atoms with Gasteiger partial charge in [-0.15, -0.1) is 11.8 Å². The highest BCUT2D eigenvalue weighted by Crippen LogP contribution is 2.53. The number of fused-ring (bicyclic) bond motifs is 1. The van der Waals surface area contributed by atoms with Crippen molar-refractivity contribution in [2.45, 2.75) is 18.4 Å². The summed E-state index contributed by atoms with van der Waals surface area (Å²) in [6, 6.07) is 0. The molecule has 8 nitrogen and oxygen atoms in total. The van der Waals surface area contributed by atoms with E-state index in [2.05, 4.69) is 0 Å². The number of aliphatic hydroxyl groups is 1. The molecule has 2 heterocycles. The first-order valence-corrected chi connectivity index (χ1v) is 7.46. The molecule has 0 spiro atoms. The number of nitrogens with zero attached hydrogens (tertiary/aromatic N) is 1. The number of hydrogen-bond donors (Lipinski definition) is 4. The molecule has 10 heteroatoms. The van der Waals surface area contributed by atoms with Crippen LogP contribution in [0.25, 0.3) is 0 Å². The zero-order chi connectivity index (χ0) is 15.0. The number of thioether (sulfide) groups is 2. The number of carbonyl (C=O) groups is 3. The lowest BCUT2D eigenvalue weighted by atomic mass is 9.92. The van der Waals surface area contributed by atoms with Crippen molar-refractivity contribution >= 4 is 41.3 Å². The lowest BCUT2D eigenvalue weighted by Gasteiger charge is -2.43. The molecule has 0 aromatic rings. The van der Waals surface area contributed by atoms with Crippen molar-refractivity contribution in [1.29, 1.82) is 0 Å². The Morgan fingerprint density at radius 3 is 2.70 bits per heavy atom. The second kappa shape index (κ2) is 5.64. The molecule has 0 radical (unpaired) electrons. The van der Waals surface area contributed by atoms with Crippen molar-refractivity contribution in [3.05, 3.63) is 9.93 Å². The molecule has 1 fully saturated rings. The van der Waals surface area contributed by atoms with Crippen LogP contribution in [0.1, 0.15) is 6.92 Å². The Balaban J connectivity index is 2.17. The van der Waals surface area contributed by atoms with Crippen molar-refractivity contribution in [3.8, 4) is 0 Å². The van der Waals surface area contributed by atoms with Gasteiger partial charge in [0.1, 0.15) is 5.37 Å². The summed E-state index contributed by atoms with van der Waals surface area (Å²) in [6.45, 7) is 1.48. The van der Waals surface area contributed by atoms with Gasteiger partial charge in [-0.2, -0.15) is 0 Å². The number of carbonyl (C=O) groups excluding carboxylic acids is 2. The van der Waals surface area contributed by atoms with Crippen LogP contribution in [0.15, 0.2) is 9.93 Å². The number of aliphatic carboxylic acids is 1. The highest BCUT2D eigenvalue weighted by atomic mass is 32.2. The van der Waals surface area contributed by atoms with Gasteiger partial charge in [0.05, 0.1) is 22.0 Å². The minimum atomic E-state index is -1.26.